The van der Waals surface area contributed by atoms with Gasteiger partial charge in [-0.25, -0.2) is 9.59 Å². The summed E-state index contributed by atoms with van der Waals surface area (Å²) in [6.07, 6.45) is 1.71. The Morgan fingerprint density at radius 3 is 2.48 bits per heavy atom. The summed E-state index contributed by atoms with van der Waals surface area (Å²) in [6, 6.07) is 4.84. The maximum absolute atomic E-state index is 12.0. The summed E-state index contributed by atoms with van der Waals surface area (Å²) < 4.78 is 0. The van der Waals surface area contributed by atoms with Crippen molar-refractivity contribution in [3.8, 4) is 0 Å². The third kappa shape index (κ3) is 5.27. The van der Waals surface area contributed by atoms with Crippen LogP contribution in [0.15, 0.2) is 24.3 Å². The van der Waals surface area contributed by atoms with E-state index < -0.39 is 23.6 Å². The second-order valence-corrected chi connectivity index (χ2v) is 5.93. The van der Waals surface area contributed by atoms with Gasteiger partial charge in [0.05, 0.1) is 0 Å². The minimum absolute atomic E-state index is 0.304. The molecule has 0 spiro atoms. The van der Waals surface area contributed by atoms with Gasteiger partial charge in [-0.3, -0.25) is 0 Å². The van der Waals surface area contributed by atoms with E-state index in [0.29, 0.717) is 10.6 Å². The first kappa shape index (κ1) is 17.3. The summed E-state index contributed by atoms with van der Waals surface area (Å²) in [6.45, 7) is 5.80. The maximum Gasteiger partial charge on any atom is 0.331 e. The summed E-state index contributed by atoms with van der Waals surface area (Å²) in [4.78, 5) is 23.4. The van der Waals surface area contributed by atoms with Crippen molar-refractivity contribution < 1.29 is 14.7 Å². The van der Waals surface area contributed by atoms with Crippen molar-refractivity contribution >= 4 is 23.6 Å². The first-order chi connectivity index (χ1) is 9.76. The van der Waals surface area contributed by atoms with Gasteiger partial charge < -0.3 is 15.7 Å². The molecular weight excluding hydrogens is 292 g/mol. The van der Waals surface area contributed by atoms with Crippen LogP contribution in [0.1, 0.15) is 45.2 Å². The molecule has 3 N–H and O–H groups in total. The molecule has 0 saturated carbocycles. The lowest BCUT2D eigenvalue weighted by molar-refractivity contribution is -0.139. The number of nitrogens with one attached hydrogen (secondary N) is 2. The number of hydrogen-bond acceptors (Lipinski definition) is 2. The fraction of sp³-hybridized carbons (Fsp3) is 0.467. The summed E-state index contributed by atoms with van der Waals surface area (Å²) >= 11 is 5.99. The molecule has 1 rings (SSSR count). The smallest absolute Gasteiger partial charge is 0.331 e. The number of benzene rings is 1. The quantitative estimate of drug-likeness (QED) is 0.753. The molecule has 1 aromatic rings. The van der Waals surface area contributed by atoms with Crippen molar-refractivity contribution in [1.29, 1.82) is 0 Å². The molecule has 0 saturated heterocycles. The van der Waals surface area contributed by atoms with E-state index in [9.17, 15) is 14.7 Å². The predicted octanol–water partition coefficient (Wildman–Crippen LogP) is 3.34. The molecule has 1 atom stereocenters. The predicted molar refractivity (Wildman–Crippen MR) is 82.5 cm³/mol. The van der Waals surface area contributed by atoms with Gasteiger partial charge >= 0.3 is 12.0 Å². The maximum atomic E-state index is 12.0. The highest BCUT2D eigenvalue weighted by atomic mass is 35.5. The first-order valence-electron chi connectivity index (χ1n) is 6.82. The van der Waals surface area contributed by atoms with E-state index >= 15 is 0 Å². The molecule has 0 radical (unpaired) electrons. The van der Waals surface area contributed by atoms with Gasteiger partial charge in [-0.05, 0) is 26.3 Å². The van der Waals surface area contributed by atoms with Crippen molar-refractivity contribution in [3.05, 3.63) is 34.9 Å². The van der Waals surface area contributed by atoms with E-state index in [1.807, 2.05) is 20.8 Å². The van der Waals surface area contributed by atoms with E-state index in [2.05, 4.69) is 10.6 Å². The number of carbonyl (C=O) groups excluding carboxylic acids is 1. The number of amides is 2. The van der Waals surface area contributed by atoms with Crippen LogP contribution in [0, 0.1) is 0 Å². The van der Waals surface area contributed by atoms with Crippen LogP contribution in [-0.2, 0) is 4.79 Å². The van der Waals surface area contributed by atoms with Gasteiger partial charge in [0.1, 0.15) is 0 Å². The van der Waals surface area contributed by atoms with E-state index in [4.69, 9.17) is 11.6 Å². The summed E-state index contributed by atoms with van der Waals surface area (Å²) in [5.41, 5.74) is -0.0438. The van der Waals surface area contributed by atoms with Crippen LogP contribution >= 0.6 is 11.6 Å². The molecule has 1 aromatic carbocycles. The second-order valence-electron chi connectivity index (χ2n) is 5.53. The molecule has 2 amide bonds. The third-order valence-electron chi connectivity index (χ3n) is 3.07. The molecule has 0 bridgehead atoms. The minimum atomic E-state index is -1.18. The van der Waals surface area contributed by atoms with Gasteiger partial charge in [0, 0.05) is 16.1 Å². The van der Waals surface area contributed by atoms with E-state index in [1.165, 1.54) is 0 Å². The fourth-order valence-electron chi connectivity index (χ4n) is 2.14. The van der Waals surface area contributed by atoms with Crippen molar-refractivity contribution in [2.45, 2.75) is 45.2 Å². The Bertz CT molecular complexity index is 517. The number of carboxylic acids is 1. The van der Waals surface area contributed by atoms with Gasteiger partial charge in [0.2, 0.25) is 0 Å². The molecule has 116 valence electrons. The topological polar surface area (TPSA) is 78.4 Å². The van der Waals surface area contributed by atoms with E-state index in [0.717, 1.165) is 12.8 Å². The van der Waals surface area contributed by atoms with E-state index in [-0.39, 0.29) is 0 Å². The molecule has 0 aliphatic heterocycles. The monoisotopic (exact) mass is 312 g/mol. The standard InChI is InChI=1S/C15H21ClN2O3/c1-4-9-15(2,3)18-14(21)17-12(13(19)20)10-7-5-6-8-11(10)16/h5-8,12H,4,9H2,1-3H3,(H,19,20)(H2,17,18,21)/t12-/m1/s1. The molecule has 5 nitrogen and oxygen atoms in total. The molecule has 21 heavy (non-hydrogen) atoms. The van der Waals surface area contributed by atoms with Crippen molar-refractivity contribution in [2.75, 3.05) is 0 Å². The van der Waals surface area contributed by atoms with Crippen LogP contribution < -0.4 is 10.6 Å². The number of aliphatic carboxylic acids is 1. The number of urea groups is 1. The Labute approximate surface area is 129 Å². The van der Waals surface area contributed by atoms with Gasteiger partial charge in [-0.2, -0.15) is 0 Å². The number of hydrogen-bond donors (Lipinski definition) is 3. The summed E-state index contributed by atoms with van der Waals surface area (Å²) in [5.74, 6) is -1.16. The Balaban J connectivity index is 2.83. The molecule has 0 aromatic heterocycles. The van der Waals surface area contributed by atoms with Crippen LogP contribution in [0.4, 0.5) is 4.79 Å². The fourth-order valence-corrected chi connectivity index (χ4v) is 2.39. The average molecular weight is 313 g/mol. The Hall–Kier alpha value is -1.75. The van der Waals surface area contributed by atoms with Crippen LogP contribution in [0.3, 0.4) is 0 Å². The molecule has 0 fully saturated rings. The lowest BCUT2D eigenvalue weighted by atomic mass is 9.99. The zero-order valence-corrected chi connectivity index (χ0v) is 13.2. The Morgan fingerprint density at radius 2 is 1.95 bits per heavy atom. The first-order valence-corrected chi connectivity index (χ1v) is 7.20. The van der Waals surface area contributed by atoms with Gasteiger partial charge in [-0.1, -0.05) is 43.1 Å². The van der Waals surface area contributed by atoms with Crippen molar-refractivity contribution in [1.82, 2.24) is 10.6 Å². The molecule has 6 heteroatoms. The van der Waals surface area contributed by atoms with Gasteiger partial charge in [0.25, 0.3) is 0 Å². The third-order valence-corrected chi connectivity index (χ3v) is 3.41. The minimum Gasteiger partial charge on any atom is -0.479 e. The van der Waals surface area contributed by atoms with Crippen molar-refractivity contribution in [2.24, 2.45) is 0 Å². The van der Waals surface area contributed by atoms with Crippen LogP contribution in [0.2, 0.25) is 5.02 Å². The normalized spacial score (nSPS) is 12.6. The van der Waals surface area contributed by atoms with Gasteiger partial charge in [0.15, 0.2) is 6.04 Å². The lowest BCUT2D eigenvalue weighted by Gasteiger charge is -2.27. The molecular formula is C15H21ClN2O3. The number of halogens is 1. The molecule has 0 aliphatic carbocycles. The zero-order valence-electron chi connectivity index (χ0n) is 12.4. The average Bonchev–Trinajstić information content (AvgIpc) is 2.36. The highest BCUT2D eigenvalue weighted by Crippen LogP contribution is 2.23. The molecule has 0 aliphatic rings. The largest absolute Gasteiger partial charge is 0.479 e. The number of carboxylic acid groups (broad SMARTS) is 1. The SMILES string of the molecule is CCCC(C)(C)NC(=O)N[C@@H](C(=O)O)c1ccccc1Cl. The molecule has 0 unspecified atom stereocenters. The van der Waals surface area contributed by atoms with Crippen LogP contribution in [0.25, 0.3) is 0 Å². The number of rotatable bonds is 6. The highest BCUT2D eigenvalue weighted by Gasteiger charge is 2.26. The van der Waals surface area contributed by atoms with Crippen molar-refractivity contribution in [3.63, 3.8) is 0 Å². The Morgan fingerprint density at radius 1 is 1.33 bits per heavy atom. The van der Waals surface area contributed by atoms with Gasteiger partial charge in [-0.15, -0.1) is 0 Å². The molecule has 0 heterocycles. The Kier molecular flexibility index (Phi) is 6.03. The van der Waals surface area contributed by atoms with Crippen LogP contribution in [-0.4, -0.2) is 22.6 Å². The van der Waals surface area contributed by atoms with Crippen LogP contribution in [0.5, 0.6) is 0 Å². The van der Waals surface area contributed by atoms with E-state index in [1.54, 1.807) is 24.3 Å². The lowest BCUT2D eigenvalue weighted by Crippen LogP contribution is -2.50. The second kappa shape index (κ2) is 7.31. The number of carbonyl (C=O) groups is 2. The highest BCUT2D eigenvalue weighted by molar-refractivity contribution is 6.31. The summed E-state index contributed by atoms with van der Waals surface area (Å²) in [7, 11) is 0. The summed E-state index contributed by atoms with van der Waals surface area (Å²) in [5, 5.41) is 14.8. The zero-order chi connectivity index (χ0) is 16.0.